The van der Waals surface area contributed by atoms with Crippen molar-refractivity contribution in [3.05, 3.63) is 66.2 Å². The van der Waals surface area contributed by atoms with Crippen LogP contribution in [-0.2, 0) is 0 Å². The maximum Gasteiger partial charge on any atom is 0.123 e. The van der Waals surface area contributed by atoms with Gasteiger partial charge in [0.05, 0.1) is 6.20 Å². The van der Waals surface area contributed by atoms with Gasteiger partial charge in [-0.2, -0.15) is 5.10 Å². The third kappa shape index (κ3) is 6.17. The zero-order valence-electron chi connectivity index (χ0n) is 16.3. The molecule has 2 unspecified atom stereocenters. The topological polar surface area (TPSA) is 76.6 Å². The predicted molar refractivity (Wildman–Crippen MR) is 120 cm³/mol. The molecule has 1 aromatic heterocycles. The first-order valence-electron chi connectivity index (χ1n) is 9.60. The average Bonchev–Trinajstić information content (AvgIpc) is 3.41. The standard InChI is InChI=1S/C16H21N5.C6H5FS/c1-11-4-12(7-18-11)8-19-16-3-2-13(5-14(16)6-17)15-9-20-21-10-15;7-5-1-3-6(8)4-2-5/h2-3,5-6,9-12,17-19H,4,7-8H2,1H3,(H,20,21);1-4,8H. The summed E-state index contributed by atoms with van der Waals surface area (Å²) in [6.07, 6.45) is 6.27. The lowest BCUT2D eigenvalue weighted by Gasteiger charge is -2.14. The normalized spacial score (nSPS) is 18.0. The number of nitrogens with one attached hydrogen (secondary N) is 4. The molecule has 0 radical (unpaired) electrons. The van der Waals surface area contributed by atoms with Gasteiger partial charge >= 0.3 is 0 Å². The zero-order chi connectivity index (χ0) is 20.6. The molecular weight excluding hydrogens is 385 g/mol. The van der Waals surface area contributed by atoms with Crippen molar-refractivity contribution in [3.8, 4) is 11.1 Å². The van der Waals surface area contributed by atoms with Gasteiger partial charge in [0, 0.05) is 46.7 Å². The van der Waals surface area contributed by atoms with Crippen molar-refractivity contribution >= 4 is 24.5 Å². The summed E-state index contributed by atoms with van der Waals surface area (Å²) < 4.78 is 12.1. The van der Waals surface area contributed by atoms with Gasteiger partial charge in [-0.15, -0.1) is 12.6 Å². The van der Waals surface area contributed by atoms with E-state index in [0.29, 0.717) is 12.0 Å². The molecule has 0 amide bonds. The summed E-state index contributed by atoms with van der Waals surface area (Å²) in [7, 11) is 0. The minimum absolute atomic E-state index is 0.220. The van der Waals surface area contributed by atoms with Gasteiger partial charge < -0.3 is 16.0 Å². The van der Waals surface area contributed by atoms with Crippen LogP contribution in [-0.4, -0.2) is 35.5 Å². The second kappa shape index (κ2) is 10.2. The number of H-pyrrole nitrogens is 1. The van der Waals surface area contributed by atoms with Crippen molar-refractivity contribution in [2.24, 2.45) is 5.92 Å². The van der Waals surface area contributed by atoms with E-state index in [-0.39, 0.29) is 5.82 Å². The van der Waals surface area contributed by atoms with Gasteiger partial charge in [0.2, 0.25) is 0 Å². The number of thiol groups is 1. The van der Waals surface area contributed by atoms with E-state index >= 15 is 0 Å². The molecule has 0 bridgehead atoms. The van der Waals surface area contributed by atoms with Gasteiger partial charge in [-0.1, -0.05) is 6.07 Å². The van der Waals surface area contributed by atoms with Gasteiger partial charge in [0.15, 0.2) is 0 Å². The van der Waals surface area contributed by atoms with Crippen molar-refractivity contribution in [1.82, 2.24) is 15.5 Å². The Morgan fingerprint density at radius 1 is 1.24 bits per heavy atom. The molecule has 7 heteroatoms. The number of benzene rings is 2. The fourth-order valence-electron chi connectivity index (χ4n) is 3.32. The molecule has 2 heterocycles. The SMILES string of the molecule is CC1CC(CNc2ccc(-c3cn[nH]c3)cc2C=N)CN1.Fc1ccc(S)cc1. The highest BCUT2D eigenvalue weighted by Crippen LogP contribution is 2.24. The smallest absolute Gasteiger partial charge is 0.123 e. The van der Waals surface area contributed by atoms with Crippen LogP contribution >= 0.6 is 12.6 Å². The number of halogens is 1. The fraction of sp³-hybridized carbons (Fsp3) is 0.273. The first-order chi connectivity index (χ1) is 14.0. The molecule has 0 saturated carbocycles. The van der Waals surface area contributed by atoms with Crippen molar-refractivity contribution in [1.29, 1.82) is 5.41 Å². The Labute approximate surface area is 176 Å². The molecule has 29 heavy (non-hydrogen) atoms. The number of nitrogens with zero attached hydrogens (tertiary/aromatic N) is 1. The van der Waals surface area contributed by atoms with Crippen molar-refractivity contribution in [2.75, 3.05) is 18.4 Å². The van der Waals surface area contributed by atoms with E-state index in [1.807, 2.05) is 12.3 Å². The maximum atomic E-state index is 12.1. The van der Waals surface area contributed by atoms with E-state index in [1.165, 1.54) is 24.8 Å². The molecule has 0 aliphatic carbocycles. The summed E-state index contributed by atoms with van der Waals surface area (Å²) in [6, 6.07) is 12.7. The molecule has 2 aromatic carbocycles. The molecule has 3 aromatic rings. The lowest BCUT2D eigenvalue weighted by atomic mass is 10.0. The number of rotatable bonds is 5. The molecule has 152 valence electrons. The molecule has 1 aliphatic rings. The Morgan fingerprint density at radius 2 is 2.03 bits per heavy atom. The minimum Gasteiger partial charge on any atom is -0.384 e. The molecular formula is C22H26FN5S. The minimum atomic E-state index is -0.220. The highest BCUT2D eigenvalue weighted by molar-refractivity contribution is 7.80. The van der Waals surface area contributed by atoms with Gasteiger partial charge in [-0.3, -0.25) is 5.10 Å². The van der Waals surface area contributed by atoms with Crippen LogP contribution in [0.3, 0.4) is 0 Å². The number of aromatic amines is 1. The summed E-state index contributed by atoms with van der Waals surface area (Å²) >= 11 is 3.97. The second-order valence-electron chi connectivity index (χ2n) is 7.20. The van der Waals surface area contributed by atoms with Crippen LogP contribution in [0.4, 0.5) is 10.1 Å². The molecule has 4 N–H and O–H groups in total. The van der Waals surface area contributed by atoms with Crippen LogP contribution in [0.25, 0.3) is 11.1 Å². The molecule has 1 fully saturated rings. The number of hydrogen-bond donors (Lipinski definition) is 5. The van der Waals surface area contributed by atoms with Crippen LogP contribution < -0.4 is 10.6 Å². The number of hydrogen-bond acceptors (Lipinski definition) is 5. The largest absolute Gasteiger partial charge is 0.384 e. The fourth-order valence-corrected chi connectivity index (χ4v) is 3.47. The highest BCUT2D eigenvalue weighted by atomic mass is 32.1. The molecule has 1 aliphatic heterocycles. The van der Waals surface area contributed by atoms with Crippen LogP contribution in [0.2, 0.25) is 0 Å². The van der Waals surface area contributed by atoms with Crippen molar-refractivity contribution in [3.63, 3.8) is 0 Å². The van der Waals surface area contributed by atoms with E-state index < -0.39 is 0 Å². The quantitative estimate of drug-likeness (QED) is 0.315. The van der Waals surface area contributed by atoms with Crippen LogP contribution in [0.5, 0.6) is 0 Å². The van der Waals surface area contributed by atoms with Crippen LogP contribution in [0.15, 0.2) is 59.8 Å². The molecule has 5 nitrogen and oxygen atoms in total. The number of anilines is 1. The first kappa shape index (κ1) is 21.1. The van der Waals surface area contributed by atoms with Crippen molar-refractivity contribution < 1.29 is 4.39 Å². The van der Waals surface area contributed by atoms with Gasteiger partial charge in [-0.25, -0.2) is 4.39 Å². The summed E-state index contributed by atoms with van der Waals surface area (Å²) in [5.74, 6) is 0.440. The lowest BCUT2D eigenvalue weighted by molar-refractivity contribution is 0.596. The Morgan fingerprint density at radius 3 is 2.62 bits per heavy atom. The van der Waals surface area contributed by atoms with E-state index in [0.717, 1.165) is 40.4 Å². The second-order valence-corrected chi connectivity index (χ2v) is 7.72. The highest BCUT2D eigenvalue weighted by Gasteiger charge is 2.20. The summed E-state index contributed by atoms with van der Waals surface area (Å²) in [5.41, 5.74) is 4.05. The summed E-state index contributed by atoms with van der Waals surface area (Å²) in [6.45, 7) is 4.24. The predicted octanol–water partition coefficient (Wildman–Crippen LogP) is 4.60. The van der Waals surface area contributed by atoms with E-state index in [2.05, 4.69) is 52.5 Å². The van der Waals surface area contributed by atoms with E-state index in [1.54, 1.807) is 18.3 Å². The Balaban J connectivity index is 0.000000252. The van der Waals surface area contributed by atoms with Gasteiger partial charge in [0.25, 0.3) is 0 Å². The van der Waals surface area contributed by atoms with Crippen molar-refractivity contribution in [2.45, 2.75) is 24.3 Å². The zero-order valence-corrected chi connectivity index (χ0v) is 17.2. The Hall–Kier alpha value is -2.64. The first-order valence-corrected chi connectivity index (χ1v) is 10.1. The van der Waals surface area contributed by atoms with E-state index in [4.69, 9.17) is 5.41 Å². The molecule has 1 saturated heterocycles. The average molecular weight is 412 g/mol. The third-order valence-corrected chi connectivity index (χ3v) is 5.19. The van der Waals surface area contributed by atoms with Crippen LogP contribution in [0.1, 0.15) is 18.9 Å². The van der Waals surface area contributed by atoms with Gasteiger partial charge in [-0.05, 0) is 67.8 Å². The lowest BCUT2D eigenvalue weighted by Crippen LogP contribution is -2.19. The maximum absolute atomic E-state index is 12.1. The van der Waals surface area contributed by atoms with Crippen LogP contribution in [0, 0.1) is 17.1 Å². The monoisotopic (exact) mass is 411 g/mol. The number of aromatic nitrogens is 2. The third-order valence-electron chi connectivity index (χ3n) is 4.89. The molecule has 0 spiro atoms. The molecule has 2 atom stereocenters. The van der Waals surface area contributed by atoms with E-state index in [9.17, 15) is 4.39 Å². The molecule has 4 rings (SSSR count). The van der Waals surface area contributed by atoms with Gasteiger partial charge in [0.1, 0.15) is 5.82 Å². The Bertz CT molecular complexity index is 890. The summed E-state index contributed by atoms with van der Waals surface area (Å²) in [5, 5.41) is 21.4. The Kier molecular flexibility index (Phi) is 7.43. The summed E-state index contributed by atoms with van der Waals surface area (Å²) in [4.78, 5) is 0.784.